The lowest BCUT2D eigenvalue weighted by molar-refractivity contribution is -0.158. The molecule has 3 aliphatic heterocycles. The molecule has 1 aromatic rings. The third-order valence-electron chi connectivity index (χ3n) is 8.53. The number of carbonyl (C=O) groups excluding carboxylic acids is 3. The van der Waals surface area contributed by atoms with Crippen LogP contribution < -0.4 is 15.4 Å². The van der Waals surface area contributed by atoms with Crippen molar-refractivity contribution in [2.45, 2.75) is 94.7 Å². The van der Waals surface area contributed by atoms with Gasteiger partial charge >= 0.3 is 39.2 Å². The fraction of sp³-hybridized carbons (Fsp3) is 0.714. The fourth-order valence-electron chi connectivity index (χ4n) is 6.06. The summed E-state index contributed by atoms with van der Waals surface area (Å²) >= 11 is 1.84. The number of nitrogens with two attached hydrogens (primary N) is 1. The molecule has 0 aliphatic carbocycles. The van der Waals surface area contributed by atoms with Crippen LogP contribution in [-0.2, 0) is 48.3 Å². The molecule has 0 unspecified atom stereocenters. The number of rotatable bonds is 15. The van der Waals surface area contributed by atoms with Gasteiger partial charge in [0.25, 0.3) is 0 Å². The second-order valence-corrected chi connectivity index (χ2v) is 20.3. The number of nitrogens with zero attached hydrogens (tertiary/aromatic N) is 2. The van der Waals surface area contributed by atoms with Crippen LogP contribution in [-0.4, -0.2) is 129 Å². The van der Waals surface area contributed by atoms with Crippen molar-refractivity contribution in [3.63, 3.8) is 0 Å². The van der Waals surface area contributed by atoms with Crippen molar-refractivity contribution in [1.29, 1.82) is 0 Å². The molecule has 3 fully saturated rings. The van der Waals surface area contributed by atoms with Crippen molar-refractivity contribution >= 4 is 65.1 Å². The van der Waals surface area contributed by atoms with E-state index in [0.717, 1.165) is 22.8 Å². The van der Waals surface area contributed by atoms with Crippen molar-refractivity contribution < 1.29 is 81.7 Å². The van der Waals surface area contributed by atoms with Gasteiger partial charge in [-0.05, 0) is 76.6 Å². The normalized spacial score (nSPS) is 18.3. The van der Waals surface area contributed by atoms with Crippen LogP contribution in [0, 0.1) is 11.3 Å². The summed E-state index contributed by atoms with van der Waals surface area (Å²) in [6, 6.07) is 7.34. The van der Waals surface area contributed by atoms with Crippen molar-refractivity contribution in [2.24, 2.45) is 17.1 Å². The monoisotopic (exact) mass is 963 g/mol. The summed E-state index contributed by atoms with van der Waals surface area (Å²) in [4.78, 5) is 43.8. The van der Waals surface area contributed by atoms with E-state index in [1.54, 1.807) is 0 Å². The second-order valence-electron chi connectivity index (χ2n) is 15.1. The molecule has 4 rings (SSSR count). The Balaban J connectivity index is 0.000000528. The number of amides is 1. The van der Waals surface area contributed by atoms with Gasteiger partial charge in [-0.2, -0.15) is 26.3 Å². The summed E-state index contributed by atoms with van der Waals surface area (Å²) in [6.45, 7) is 12.9. The number of esters is 2. The Morgan fingerprint density at radius 1 is 0.915 bits per heavy atom. The number of hydrogen-bond acceptors (Lipinski definition) is 13. The Bertz CT molecular complexity index is 1830. The molecule has 1 amide bonds. The first-order chi connectivity index (χ1) is 26.7. The van der Waals surface area contributed by atoms with E-state index in [9.17, 15) is 62.4 Å². The molecule has 0 saturated carbocycles. The number of carboxylic acids is 1. The molecule has 3 saturated heterocycles. The quantitative estimate of drug-likeness (QED) is 0.137. The highest BCUT2D eigenvalue weighted by atomic mass is 79.9. The van der Waals surface area contributed by atoms with Crippen molar-refractivity contribution in [2.75, 3.05) is 55.8 Å². The summed E-state index contributed by atoms with van der Waals surface area (Å²) < 4.78 is 140. The number of carboxylic acid groups (broad SMARTS) is 1. The minimum absolute atomic E-state index is 0.0310. The standard InChI is InChI=1S/C21H31F2N3O4S.C10H16F2O6S.C4H5BrF2O2/c1-4-30-17-7-5-16(6-8-17)26-13-15-11-20(2,3)18(26)14-25(12-15)19(27)21(22,23)31(28,29)10-9-24;1-9(2,3)18-8(15)4-5-10(11,12)19(16,17)6-7(13)14;1-2-9-3(8)4(5,6)7/h5-8,15,18H,4,9-14,24H2,1-3H3;4-6H2,1-3H3,(H,13,14);2H2,1H3/t15-,18-;;/m1../s1. The molecule has 0 radical (unpaired) electrons. The molecule has 0 spiro atoms. The number of sulfone groups is 2. The zero-order chi connectivity index (χ0) is 46.0. The first-order valence-corrected chi connectivity index (χ1v) is 22.1. The molecule has 1 aromatic carbocycles. The van der Waals surface area contributed by atoms with E-state index in [2.05, 4.69) is 23.5 Å². The number of fused-ring (bicyclic) bond motifs is 4. The van der Waals surface area contributed by atoms with Crippen molar-refractivity contribution in [3.05, 3.63) is 24.3 Å². The zero-order valence-corrected chi connectivity index (χ0v) is 36.8. The van der Waals surface area contributed by atoms with E-state index in [1.807, 2.05) is 47.1 Å². The van der Waals surface area contributed by atoms with Gasteiger partial charge in [0, 0.05) is 54.2 Å². The average Bonchev–Trinajstić information content (AvgIpc) is 3.34. The smallest absolute Gasteiger partial charge is 0.421 e. The van der Waals surface area contributed by atoms with Gasteiger partial charge in [0.1, 0.15) is 11.4 Å². The summed E-state index contributed by atoms with van der Waals surface area (Å²) in [5, 5.41) is -0.519. The molecule has 3 aliphatic rings. The van der Waals surface area contributed by atoms with Gasteiger partial charge in [0.2, 0.25) is 19.7 Å². The van der Waals surface area contributed by atoms with Gasteiger partial charge < -0.3 is 34.9 Å². The molecular weight excluding hydrogens is 912 g/mol. The van der Waals surface area contributed by atoms with Crippen LogP contribution in [0.25, 0.3) is 0 Å². The molecule has 59 heavy (non-hydrogen) atoms. The third kappa shape index (κ3) is 15.9. The van der Waals surface area contributed by atoms with Crippen LogP contribution in [0.1, 0.15) is 67.7 Å². The number of piperidine rings is 1. The van der Waals surface area contributed by atoms with Crippen LogP contribution in [0.4, 0.5) is 32.0 Å². The Kier molecular flexibility index (Phi) is 19.0. The Morgan fingerprint density at radius 2 is 1.47 bits per heavy atom. The molecule has 340 valence electrons. The van der Waals surface area contributed by atoms with Gasteiger partial charge in [-0.3, -0.25) is 14.4 Å². The summed E-state index contributed by atoms with van der Waals surface area (Å²) in [5.41, 5.74) is 4.97. The molecule has 2 bridgehead atoms. The highest BCUT2D eigenvalue weighted by Gasteiger charge is 2.57. The van der Waals surface area contributed by atoms with Crippen LogP contribution in [0.5, 0.6) is 5.75 Å². The van der Waals surface area contributed by atoms with Gasteiger partial charge in [0.15, 0.2) is 5.75 Å². The first-order valence-electron chi connectivity index (χ1n) is 18.0. The average molecular weight is 965 g/mol. The predicted octanol–water partition coefficient (Wildman–Crippen LogP) is 4.85. The minimum atomic E-state index is -5.14. The van der Waals surface area contributed by atoms with E-state index in [4.69, 9.17) is 20.3 Å². The van der Waals surface area contributed by atoms with E-state index in [-0.39, 0.29) is 37.1 Å². The minimum Gasteiger partial charge on any atom is -0.494 e. The number of benzene rings is 1. The van der Waals surface area contributed by atoms with Gasteiger partial charge in [-0.15, -0.1) is 0 Å². The topological polar surface area (TPSA) is 217 Å². The van der Waals surface area contributed by atoms with Crippen LogP contribution in [0.2, 0.25) is 0 Å². The molecule has 2 atom stereocenters. The lowest BCUT2D eigenvalue weighted by Gasteiger charge is -2.48. The Morgan fingerprint density at radius 3 is 1.92 bits per heavy atom. The number of ether oxygens (including phenoxy) is 3. The van der Waals surface area contributed by atoms with Gasteiger partial charge in [0.05, 0.1) is 31.4 Å². The molecule has 0 aromatic heterocycles. The van der Waals surface area contributed by atoms with Crippen LogP contribution in [0.15, 0.2) is 24.3 Å². The zero-order valence-electron chi connectivity index (χ0n) is 33.6. The number of hydrogen-bond donors (Lipinski definition) is 2. The maximum absolute atomic E-state index is 14.6. The summed E-state index contributed by atoms with van der Waals surface area (Å²) in [6.07, 6.45) is -1.36. The third-order valence-corrected chi connectivity index (χ3v) is 12.3. The van der Waals surface area contributed by atoms with E-state index in [0.29, 0.717) is 13.2 Å². The fourth-order valence-corrected chi connectivity index (χ4v) is 8.09. The van der Waals surface area contributed by atoms with Crippen LogP contribution in [0.3, 0.4) is 0 Å². The molecular formula is C35H52BrF6N3O12S2. The van der Waals surface area contributed by atoms with E-state index < -0.39 is 95.3 Å². The SMILES string of the molecule is CC(C)(C)OC(=O)CCC(F)(F)S(=O)(=O)CC(=O)O.CCOC(=O)C(F)(F)Br.CCOc1ccc(N2C[C@H]3CN(C(=O)C(F)(F)S(=O)(=O)CCN)C[C@@H]2C(C)(C)C3)cc1. The molecule has 15 nitrogen and oxygen atoms in total. The first kappa shape index (κ1) is 53.6. The number of halogens is 7. The van der Waals surface area contributed by atoms with Crippen molar-refractivity contribution in [3.8, 4) is 5.75 Å². The summed E-state index contributed by atoms with van der Waals surface area (Å²) in [7, 11) is -10.1. The van der Waals surface area contributed by atoms with Crippen LogP contribution >= 0.6 is 15.9 Å². The molecule has 3 heterocycles. The highest BCUT2D eigenvalue weighted by Crippen LogP contribution is 2.44. The number of carbonyl (C=O) groups is 4. The highest BCUT2D eigenvalue weighted by molar-refractivity contribution is 9.10. The molecule has 3 N–H and O–H groups in total. The largest absolute Gasteiger partial charge is 0.494 e. The Labute approximate surface area is 348 Å². The second kappa shape index (κ2) is 20.9. The number of alkyl halides is 7. The lowest BCUT2D eigenvalue weighted by atomic mass is 9.73. The lowest BCUT2D eigenvalue weighted by Crippen LogP contribution is -2.55. The predicted molar refractivity (Wildman–Crippen MR) is 207 cm³/mol. The molecule has 24 heteroatoms. The van der Waals surface area contributed by atoms with E-state index >= 15 is 0 Å². The van der Waals surface area contributed by atoms with Gasteiger partial charge in [-0.1, -0.05) is 13.8 Å². The maximum atomic E-state index is 14.6. The Hall–Kier alpha value is -3.38. The summed E-state index contributed by atoms with van der Waals surface area (Å²) in [5.74, 6) is -7.99. The van der Waals surface area contributed by atoms with E-state index in [1.165, 1.54) is 27.7 Å². The van der Waals surface area contributed by atoms with Crippen molar-refractivity contribution in [1.82, 2.24) is 4.90 Å². The maximum Gasteiger partial charge on any atom is 0.421 e. The number of aliphatic carboxylic acids is 1. The number of anilines is 1. The van der Waals surface area contributed by atoms with Gasteiger partial charge in [-0.25, -0.2) is 21.6 Å².